The van der Waals surface area contributed by atoms with Crippen molar-refractivity contribution in [1.82, 2.24) is 10.3 Å². The Morgan fingerprint density at radius 1 is 1.32 bits per heavy atom. The zero-order chi connectivity index (χ0) is 19.6. The van der Waals surface area contributed by atoms with Crippen LogP contribution in [-0.2, 0) is 15.1 Å². The van der Waals surface area contributed by atoms with Crippen LogP contribution < -0.4 is 16.0 Å². The van der Waals surface area contributed by atoms with E-state index in [0.717, 1.165) is 61.4 Å². The molecule has 148 valence electrons. The predicted octanol–water partition coefficient (Wildman–Crippen LogP) is 3.15. The number of piperidine rings is 1. The van der Waals surface area contributed by atoms with E-state index in [1.807, 2.05) is 24.3 Å². The first-order valence-corrected chi connectivity index (χ1v) is 10.1. The minimum absolute atomic E-state index is 0.0299. The molecule has 0 aliphatic carbocycles. The number of hydrogen-bond acceptors (Lipinski definition) is 5. The molecular weight excluding hydrogens is 352 g/mol. The summed E-state index contributed by atoms with van der Waals surface area (Å²) in [6, 6.07) is 11.9. The Morgan fingerprint density at radius 2 is 2.11 bits per heavy atom. The molecule has 0 radical (unpaired) electrons. The summed E-state index contributed by atoms with van der Waals surface area (Å²) >= 11 is 0. The van der Waals surface area contributed by atoms with Crippen molar-refractivity contribution in [3.63, 3.8) is 0 Å². The smallest absolute Gasteiger partial charge is 0.253 e. The maximum Gasteiger partial charge on any atom is 0.253 e. The molecule has 3 N–H and O–H groups in total. The van der Waals surface area contributed by atoms with E-state index < -0.39 is 11.7 Å². The first kappa shape index (κ1) is 18.7. The van der Waals surface area contributed by atoms with E-state index in [1.54, 1.807) is 12.3 Å². The first-order valence-electron chi connectivity index (χ1n) is 10.1. The van der Waals surface area contributed by atoms with Gasteiger partial charge in [0.1, 0.15) is 5.82 Å². The molecule has 4 rings (SSSR count). The number of anilines is 2. The number of carbonyl (C=O) groups is 1. The van der Waals surface area contributed by atoms with E-state index in [0.29, 0.717) is 6.54 Å². The maximum atomic E-state index is 12.8. The normalized spacial score (nSPS) is 20.2. The van der Waals surface area contributed by atoms with Gasteiger partial charge < -0.3 is 20.7 Å². The molecule has 1 amide bonds. The second-order valence-electron chi connectivity index (χ2n) is 7.66. The van der Waals surface area contributed by atoms with Crippen LogP contribution in [0.2, 0.25) is 0 Å². The Bertz CT molecular complexity index is 846. The van der Waals surface area contributed by atoms with Crippen molar-refractivity contribution in [2.75, 3.05) is 30.3 Å². The van der Waals surface area contributed by atoms with Crippen molar-refractivity contribution in [2.24, 2.45) is 0 Å². The van der Waals surface area contributed by atoms with Gasteiger partial charge in [-0.25, -0.2) is 4.98 Å². The van der Waals surface area contributed by atoms with Crippen LogP contribution in [0.25, 0.3) is 0 Å². The van der Waals surface area contributed by atoms with E-state index in [9.17, 15) is 4.79 Å². The molecule has 2 aromatic rings. The fraction of sp³-hybridized carbons (Fsp3) is 0.455. The molecule has 2 aliphatic heterocycles. The molecule has 1 aromatic carbocycles. The van der Waals surface area contributed by atoms with Crippen LogP contribution in [0, 0.1) is 0 Å². The number of pyridine rings is 1. The summed E-state index contributed by atoms with van der Waals surface area (Å²) in [5.41, 5.74) is 8.39. The minimum atomic E-state index is -0.523. The van der Waals surface area contributed by atoms with E-state index in [2.05, 4.69) is 28.2 Å². The largest absolute Gasteiger partial charge is 0.399 e. The summed E-state index contributed by atoms with van der Waals surface area (Å²) in [5, 5.41) is 3.03. The number of rotatable bonds is 5. The third kappa shape index (κ3) is 3.44. The highest BCUT2D eigenvalue weighted by Gasteiger charge is 2.48. The summed E-state index contributed by atoms with van der Waals surface area (Å²) in [6.45, 7) is 4.44. The SMILES string of the molecule is CCCCNC(=O)C1OC2(CCN(c3cc(N)ccn3)CC2)c2ccccc21. The van der Waals surface area contributed by atoms with Crippen LogP contribution in [0.3, 0.4) is 0 Å². The lowest BCUT2D eigenvalue weighted by atomic mass is 9.83. The average molecular weight is 380 g/mol. The molecule has 6 heteroatoms. The molecule has 1 atom stereocenters. The fourth-order valence-electron chi connectivity index (χ4n) is 4.26. The Balaban J connectivity index is 1.52. The molecule has 0 bridgehead atoms. The Kier molecular flexibility index (Phi) is 5.22. The number of nitrogens with two attached hydrogens (primary N) is 1. The molecular formula is C22H28N4O2. The molecule has 1 spiro atoms. The van der Waals surface area contributed by atoms with E-state index in [-0.39, 0.29) is 5.91 Å². The zero-order valence-corrected chi connectivity index (χ0v) is 16.4. The fourth-order valence-corrected chi connectivity index (χ4v) is 4.26. The van der Waals surface area contributed by atoms with Crippen molar-refractivity contribution in [2.45, 2.75) is 44.3 Å². The number of aromatic nitrogens is 1. The number of nitrogen functional groups attached to an aromatic ring is 1. The highest BCUT2D eigenvalue weighted by atomic mass is 16.5. The van der Waals surface area contributed by atoms with Crippen molar-refractivity contribution < 1.29 is 9.53 Å². The molecule has 0 saturated carbocycles. The zero-order valence-electron chi connectivity index (χ0n) is 16.4. The Hall–Kier alpha value is -2.60. The average Bonchev–Trinajstić information content (AvgIpc) is 3.03. The molecule has 28 heavy (non-hydrogen) atoms. The number of carbonyl (C=O) groups excluding carboxylic acids is 1. The Morgan fingerprint density at radius 3 is 2.86 bits per heavy atom. The first-order chi connectivity index (χ1) is 13.6. The van der Waals surface area contributed by atoms with Crippen molar-refractivity contribution in [1.29, 1.82) is 0 Å². The van der Waals surface area contributed by atoms with E-state index in [4.69, 9.17) is 10.5 Å². The number of unbranched alkanes of at least 4 members (excludes halogenated alkanes) is 1. The molecule has 3 heterocycles. The topological polar surface area (TPSA) is 80.5 Å². The summed E-state index contributed by atoms with van der Waals surface area (Å²) in [4.78, 5) is 19.4. The number of benzene rings is 1. The molecule has 2 aliphatic rings. The van der Waals surface area contributed by atoms with Crippen LogP contribution in [-0.4, -0.2) is 30.5 Å². The summed E-state index contributed by atoms with van der Waals surface area (Å²) < 4.78 is 6.48. The maximum absolute atomic E-state index is 12.8. The lowest BCUT2D eigenvalue weighted by Gasteiger charge is -2.40. The number of nitrogens with one attached hydrogen (secondary N) is 1. The van der Waals surface area contributed by atoms with Gasteiger partial charge in [0.15, 0.2) is 6.10 Å². The quantitative estimate of drug-likeness (QED) is 0.779. The molecule has 1 fully saturated rings. The van der Waals surface area contributed by atoms with Gasteiger partial charge in [-0.05, 0) is 36.5 Å². The van der Waals surface area contributed by atoms with Gasteiger partial charge in [0.2, 0.25) is 0 Å². The summed E-state index contributed by atoms with van der Waals surface area (Å²) in [7, 11) is 0. The molecule has 1 unspecified atom stereocenters. The second kappa shape index (κ2) is 7.80. The number of amides is 1. The third-order valence-corrected chi connectivity index (χ3v) is 5.81. The van der Waals surface area contributed by atoms with Gasteiger partial charge in [0.05, 0.1) is 5.60 Å². The van der Waals surface area contributed by atoms with Gasteiger partial charge in [-0.3, -0.25) is 4.79 Å². The minimum Gasteiger partial charge on any atom is -0.399 e. The van der Waals surface area contributed by atoms with Gasteiger partial charge in [-0.1, -0.05) is 37.6 Å². The third-order valence-electron chi connectivity index (χ3n) is 5.81. The Labute approximate surface area is 166 Å². The van der Waals surface area contributed by atoms with E-state index in [1.165, 1.54) is 0 Å². The van der Waals surface area contributed by atoms with Gasteiger partial charge in [-0.15, -0.1) is 0 Å². The predicted molar refractivity (Wildman–Crippen MR) is 110 cm³/mol. The van der Waals surface area contributed by atoms with Crippen molar-refractivity contribution in [3.8, 4) is 0 Å². The van der Waals surface area contributed by atoms with E-state index >= 15 is 0 Å². The van der Waals surface area contributed by atoms with Crippen LogP contribution in [0.15, 0.2) is 42.6 Å². The van der Waals surface area contributed by atoms with Crippen molar-refractivity contribution >= 4 is 17.4 Å². The highest BCUT2D eigenvalue weighted by molar-refractivity contribution is 5.83. The summed E-state index contributed by atoms with van der Waals surface area (Å²) in [5.74, 6) is 0.868. The van der Waals surface area contributed by atoms with Gasteiger partial charge in [0, 0.05) is 37.6 Å². The van der Waals surface area contributed by atoms with Crippen LogP contribution in [0.5, 0.6) is 0 Å². The molecule has 1 aromatic heterocycles. The lowest BCUT2D eigenvalue weighted by molar-refractivity contribution is -0.147. The number of hydrogen-bond donors (Lipinski definition) is 2. The van der Waals surface area contributed by atoms with Gasteiger partial charge >= 0.3 is 0 Å². The monoisotopic (exact) mass is 380 g/mol. The van der Waals surface area contributed by atoms with Crippen LogP contribution in [0.1, 0.15) is 49.8 Å². The lowest BCUT2D eigenvalue weighted by Crippen LogP contribution is -2.43. The second-order valence-corrected chi connectivity index (χ2v) is 7.66. The number of fused-ring (bicyclic) bond motifs is 2. The van der Waals surface area contributed by atoms with Crippen LogP contribution in [0.4, 0.5) is 11.5 Å². The van der Waals surface area contributed by atoms with Gasteiger partial charge in [-0.2, -0.15) is 0 Å². The van der Waals surface area contributed by atoms with Crippen molar-refractivity contribution in [3.05, 3.63) is 53.7 Å². The summed E-state index contributed by atoms with van der Waals surface area (Å²) in [6.07, 6.45) is 4.89. The highest BCUT2D eigenvalue weighted by Crippen LogP contribution is 2.49. The van der Waals surface area contributed by atoms with Gasteiger partial charge in [0.25, 0.3) is 5.91 Å². The number of nitrogens with zero attached hydrogens (tertiary/aromatic N) is 2. The molecule has 6 nitrogen and oxygen atoms in total. The number of ether oxygens (including phenoxy) is 1. The molecule has 1 saturated heterocycles. The van der Waals surface area contributed by atoms with Crippen LogP contribution >= 0.6 is 0 Å². The standard InChI is InChI=1S/C22H28N4O2/c1-2-3-11-25-21(27)20-17-6-4-5-7-18(17)22(28-20)9-13-26(14-10-22)19-15-16(23)8-12-24-19/h4-8,12,15,20H,2-3,9-11,13-14H2,1H3,(H2,23,24)(H,25,27).